The average molecular weight is 265 g/mol. The van der Waals surface area contributed by atoms with Crippen LogP contribution in [0.1, 0.15) is 47.6 Å². The number of carboxylic acids is 1. The monoisotopic (exact) mass is 265 g/mol. The number of rotatable bonds is 3. The summed E-state index contributed by atoms with van der Waals surface area (Å²) in [6.07, 6.45) is 2.14. The van der Waals surface area contributed by atoms with Crippen molar-refractivity contribution in [1.29, 1.82) is 0 Å². The molecule has 6 heteroatoms. The minimum Gasteiger partial charge on any atom is -0.475 e. The number of aryl methyl sites for hydroxylation is 1. The molecular formula is C13H15NO5. The number of aromatic carboxylic acids is 1. The molecule has 0 aliphatic carbocycles. The fourth-order valence-corrected chi connectivity index (χ4v) is 2.09. The molecule has 2 rings (SSSR count). The molecule has 19 heavy (non-hydrogen) atoms. The Bertz CT molecular complexity index is 513. The quantitative estimate of drug-likeness (QED) is 0.840. The van der Waals surface area contributed by atoms with Crippen molar-refractivity contribution in [2.24, 2.45) is 0 Å². The van der Waals surface area contributed by atoms with Gasteiger partial charge in [-0.2, -0.15) is 0 Å². The van der Waals surface area contributed by atoms with Crippen LogP contribution < -0.4 is 0 Å². The lowest BCUT2D eigenvalue weighted by Gasteiger charge is -2.17. The number of nitrogens with zero attached hydrogens (tertiary/aromatic N) is 1. The average Bonchev–Trinajstić information content (AvgIpc) is 2.64. The number of carbonyl (C=O) groups is 3. The Morgan fingerprint density at radius 3 is 2.37 bits per heavy atom. The Morgan fingerprint density at radius 2 is 1.89 bits per heavy atom. The van der Waals surface area contributed by atoms with Gasteiger partial charge in [0.15, 0.2) is 0 Å². The highest BCUT2D eigenvalue weighted by Gasteiger charge is 2.26. The maximum absolute atomic E-state index is 11.8. The van der Waals surface area contributed by atoms with Crippen molar-refractivity contribution in [3.63, 3.8) is 0 Å². The minimum absolute atomic E-state index is 0.0836. The second-order valence-corrected chi connectivity index (χ2v) is 4.58. The van der Waals surface area contributed by atoms with Gasteiger partial charge in [0, 0.05) is 18.4 Å². The van der Waals surface area contributed by atoms with Crippen LogP contribution in [-0.4, -0.2) is 27.8 Å². The van der Waals surface area contributed by atoms with E-state index in [9.17, 15) is 14.4 Å². The van der Waals surface area contributed by atoms with E-state index in [1.807, 2.05) is 0 Å². The molecule has 0 atom stereocenters. The van der Waals surface area contributed by atoms with Gasteiger partial charge in [-0.1, -0.05) is 0 Å². The molecule has 0 aromatic carbocycles. The molecule has 102 valence electrons. The summed E-state index contributed by atoms with van der Waals surface area (Å²) >= 11 is 0. The minimum atomic E-state index is -1.16. The molecule has 2 heterocycles. The Labute approximate surface area is 110 Å². The van der Waals surface area contributed by atoms with E-state index in [2.05, 4.69) is 0 Å². The van der Waals surface area contributed by atoms with Crippen LogP contribution in [-0.2, 0) is 16.1 Å². The van der Waals surface area contributed by atoms with Crippen molar-refractivity contribution in [3.8, 4) is 0 Å². The maximum Gasteiger partial charge on any atom is 0.371 e. The maximum atomic E-state index is 11.8. The largest absolute Gasteiger partial charge is 0.475 e. The van der Waals surface area contributed by atoms with Gasteiger partial charge in [-0.25, -0.2) is 4.79 Å². The molecule has 1 aliphatic heterocycles. The Hall–Kier alpha value is -2.11. The van der Waals surface area contributed by atoms with Crippen LogP contribution in [0.25, 0.3) is 0 Å². The Kier molecular flexibility index (Phi) is 3.69. The van der Waals surface area contributed by atoms with Crippen molar-refractivity contribution in [1.82, 2.24) is 4.90 Å². The van der Waals surface area contributed by atoms with Gasteiger partial charge >= 0.3 is 5.97 Å². The fraction of sp³-hybridized carbons (Fsp3) is 0.462. The van der Waals surface area contributed by atoms with Crippen LogP contribution in [0, 0.1) is 6.92 Å². The zero-order valence-electron chi connectivity index (χ0n) is 10.6. The standard InChI is InChI=1S/C13H15NO5/c1-8-9(6-10(19-8)13(17)18)7-14-11(15)4-2-3-5-12(14)16/h6H,2-5,7H2,1H3,(H,17,18). The number of furan rings is 1. The summed E-state index contributed by atoms with van der Waals surface area (Å²) in [6.45, 7) is 1.70. The zero-order valence-corrected chi connectivity index (χ0v) is 10.6. The van der Waals surface area contributed by atoms with E-state index in [1.165, 1.54) is 11.0 Å². The molecule has 0 bridgehead atoms. The summed E-state index contributed by atoms with van der Waals surface area (Å²) in [4.78, 5) is 35.7. The van der Waals surface area contributed by atoms with E-state index in [0.717, 1.165) is 0 Å². The number of hydrogen-bond acceptors (Lipinski definition) is 4. The van der Waals surface area contributed by atoms with Crippen molar-refractivity contribution in [2.75, 3.05) is 0 Å². The molecule has 1 aromatic rings. The number of carbonyl (C=O) groups excluding carboxylic acids is 2. The molecule has 1 N–H and O–H groups in total. The zero-order chi connectivity index (χ0) is 14.0. The summed E-state index contributed by atoms with van der Waals surface area (Å²) in [5.41, 5.74) is 0.556. The molecule has 1 aliphatic rings. The number of hydrogen-bond donors (Lipinski definition) is 1. The molecule has 1 aromatic heterocycles. The molecular weight excluding hydrogens is 250 g/mol. The SMILES string of the molecule is Cc1oc(C(=O)O)cc1CN1C(=O)CCCCC1=O. The summed E-state index contributed by atoms with van der Waals surface area (Å²) in [5, 5.41) is 8.84. The molecule has 1 saturated heterocycles. The normalized spacial score (nSPS) is 16.6. The Morgan fingerprint density at radius 1 is 1.32 bits per heavy atom. The third-order valence-electron chi connectivity index (χ3n) is 3.19. The topological polar surface area (TPSA) is 87.8 Å². The van der Waals surface area contributed by atoms with Crippen molar-refractivity contribution in [2.45, 2.75) is 39.2 Å². The number of imide groups is 1. The van der Waals surface area contributed by atoms with E-state index in [0.29, 0.717) is 37.0 Å². The van der Waals surface area contributed by atoms with Gasteiger partial charge in [-0.05, 0) is 25.8 Å². The highest BCUT2D eigenvalue weighted by atomic mass is 16.4. The molecule has 0 unspecified atom stereocenters. The smallest absolute Gasteiger partial charge is 0.371 e. The van der Waals surface area contributed by atoms with Gasteiger partial charge in [0.1, 0.15) is 5.76 Å². The predicted octanol–water partition coefficient (Wildman–Crippen LogP) is 1.72. The summed E-state index contributed by atoms with van der Waals surface area (Å²) in [5.74, 6) is -1.34. The van der Waals surface area contributed by atoms with Gasteiger partial charge in [-0.3, -0.25) is 14.5 Å². The second kappa shape index (κ2) is 5.26. The molecule has 6 nitrogen and oxygen atoms in total. The summed E-state index contributed by atoms with van der Waals surface area (Å²) < 4.78 is 5.07. The van der Waals surface area contributed by atoms with Gasteiger partial charge in [-0.15, -0.1) is 0 Å². The highest BCUT2D eigenvalue weighted by Crippen LogP contribution is 2.20. The fourth-order valence-electron chi connectivity index (χ4n) is 2.09. The van der Waals surface area contributed by atoms with Gasteiger partial charge in [0.25, 0.3) is 0 Å². The van der Waals surface area contributed by atoms with E-state index >= 15 is 0 Å². The van der Waals surface area contributed by atoms with Crippen LogP contribution in [0.2, 0.25) is 0 Å². The summed E-state index contributed by atoms with van der Waals surface area (Å²) in [7, 11) is 0. The molecule has 0 saturated carbocycles. The third-order valence-corrected chi connectivity index (χ3v) is 3.19. The van der Waals surface area contributed by atoms with Crippen LogP contribution in [0.3, 0.4) is 0 Å². The van der Waals surface area contributed by atoms with Crippen molar-refractivity contribution in [3.05, 3.63) is 23.2 Å². The van der Waals surface area contributed by atoms with Crippen LogP contribution >= 0.6 is 0 Å². The first-order chi connectivity index (χ1) is 8.99. The number of carboxylic acid groups (broad SMARTS) is 1. The van der Waals surface area contributed by atoms with E-state index in [1.54, 1.807) is 6.92 Å². The summed E-state index contributed by atoms with van der Waals surface area (Å²) in [6, 6.07) is 1.36. The lowest BCUT2D eigenvalue weighted by Crippen LogP contribution is -2.34. The van der Waals surface area contributed by atoms with Crippen molar-refractivity contribution >= 4 is 17.8 Å². The van der Waals surface area contributed by atoms with Gasteiger partial charge < -0.3 is 9.52 Å². The second-order valence-electron chi connectivity index (χ2n) is 4.58. The lowest BCUT2D eigenvalue weighted by atomic mass is 10.2. The van der Waals surface area contributed by atoms with E-state index in [4.69, 9.17) is 9.52 Å². The third kappa shape index (κ3) is 2.83. The van der Waals surface area contributed by atoms with Crippen LogP contribution in [0.4, 0.5) is 0 Å². The number of amides is 2. The molecule has 2 amide bonds. The van der Waals surface area contributed by atoms with Crippen LogP contribution in [0.15, 0.2) is 10.5 Å². The lowest BCUT2D eigenvalue weighted by molar-refractivity contribution is -0.144. The van der Waals surface area contributed by atoms with Crippen LogP contribution in [0.5, 0.6) is 0 Å². The number of likely N-dealkylation sites (tertiary alicyclic amines) is 1. The van der Waals surface area contributed by atoms with E-state index < -0.39 is 5.97 Å². The molecule has 1 fully saturated rings. The first-order valence-corrected chi connectivity index (χ1v) is 6.15. The first-order valence-electron chi connectivity index (χ1n) is 6.15. The Balaban J connectivity index is 2.21. The van der Waals surface area contributed by atoms with Gasteiger partial charge in [0.2, 0.25) is 17.6 Å². The van der Waals surface area contributed by atoms with E-state index in [-0.39, 0.29) is 24.1 Å². The predicted molar refractivity (Wildman–Crippen MR) is 64.4 cm³/mol. The first kappa shape index (κ1) is 13.3. The highest BCUT2D eigenvalue weighted by molar-refractivity contribution is 5.96. The van der Waals surface area contributed by atoms with Gasteiger partial charge in [0.05, 0.1) is 6.54 Å². The molecule has 0 radical (unpaired) electrons. The molecule has 0 spiro atoms. The van der Waals surface area contributed by atoms with Crippen molar-refractivity contribution < 1.29 is 23.9 Å².